The summed E-state index contributed by atoms with van der Waals surface area (Å²) in [5.41, 5.74) is 1.90. The minimum absolute atomic E-state index is 0.241. The van der Waals surface area contributed by atoms with Crippen LogP contribution in [0.5, 0.6) is 0 Å². The second kappa shape index (κ2) is 9.25. The summed E-state index contributed by atoms with van der Waals surface area (Å²) in [6.45, 7) is 2.98. The van der Waals surface area contributed by atoms with Crippen molar-refractivity contribution in [2.75, 3.05) is 13.7 Å². The summed E-state index contributed by atoms with van der Waals surface area (Å²) in [6.07, 6.45) is 6.54. The fraction of sp³-hybridized carbons (Fsp3) is 0.421. The van der Waals surface area contributed by atoms with E-state index in [-0.39, 0.29) is 12.0 Å². The van der Waals surface area contributed by atoms with E-state index in [0.717, 1.165) is 36.9 Å². The fourth-order valence-electron chi connectivity index (χ4n) is 3.25. The number of esters is 1. The van der Waals surface area contributed by atoms with Crippen molar-refractivity contribution in [3.8, 4) is 0 Å². The first-order valence-corrected chi connectivity index (χ1v) is 9.86. The number of carbonyl (C=O) groups is 1. The summed E-state index contributed by atoms with van der Waals surface area (Å²) in [4.78, 5) is 16.2. The summed E-state index contributed by atoms with van der Waals surface area (Å²) in [5, 5.41) is 12.8. The Bertz CT molecular complexity index is 898. The van der Waals surface area contributed by atoms with Crippen LogP contribution in [0, 0.1) is 6.92 Å². The first-order chi connectivity index (χ1) is 13.5. The summed E-state index contributed by atoms with van der Waals surface area (Å²) in [5.74, 6) is 0.370. The zero-order valence-corrected chi connectivity index (χ0v) is 17.4. The normalized spacial score (nSPS) is 17.1. The van der Waals surface area contributed by atoms with E-state index < -0.39 is 0 Å². The number of ether oxygens (including phenoxy) is 1. The predicted octanol–water partition coefficient (Wildman–Crippen LogP) is 3.05. The molecule has 148 valence electrons. The molecule has 1 aromatic heterocycles. The second-order valence-corrected chi connectivity index (χ2v) is 7.46. The van der Waals surface area contributed by atoms with Crippen LogP contribution in [0.25, 0.3) is 6.08 Å². The second-order valence-electron chi connectivity index (χ2n) is 6.61. The molecule has 1 fully saturated rings. The zero-order chi connectivity index (χ0) is 20.1. The molecule has 0 saturated carbocycles. The lowest BCUT2D eigenvalue weighted by molar-refractivity contribution is -0.146. The van der Waals surface area contributed by atoms with Crippen molar-refractivity contribution in [3.05, 3.63) is 46.2 Å². The minimum atomic E-state index is -0.317. The number of rotatable bonds is 5. The van der Waals surface area contributed by atoms with Crippen LogP contribution in [-0.4, -0.2) is 55.8 Å². The first kappa shape index (κ1) is 20.4. The van der Waals surface area contributed by atoms with E-state index in [1.165, 1.54) is 11.9 Å². The third-order valence-electron chi connectivity index (χ3n) is 4.63. The Morgan fingerprint density at radius 1 is 1.43 bits per heavy atom. The van der Waals surface area contributed by atoms with Crippen molar-refractivity contribution in [1.82, 2.24) is 25.1 Å². The van der Waals surface area contributed by atoms with Gasteiger partial charge >= 0.3 is 5.97 Å². The SMILES string of the molecule is COC(=O)C1CCCCN1C(=S)/C=C/c1ccc(Cl)cc1Cn1nnc(C)n1. The van der Waals surface area contributed by atoms with Crippen molar-refractivity contribution < 1.29 is 9.53 Å². The number of hydrogen-bond donors (Lipinski definition) is 0. The van der Waals surface area contributed by atoms with Crippen LogP contribution in [0.2, 0.25) is 5.02 Å². The van der Waals surface area contributed by atoms with Crippen molar-refractivity contribution in [1.29, 1.82) is 0 Å². The van der Waals surface area contributed by atoms with Gasteiger partial charge in [-0.25, -0.2) is 4.79 Å². The molecular formula is C19H22ClN5O2S. The molecule has 3 rings (SSSR count). The smallest absolute Gasteiger partial charge is 0.328 e. The molecule has 1 aliphatic heterocycles. The molecule has 0 N–H and O–H groups in total. The number of hydrogen-bond acceptors (Lipinski definition) is 6. The molecule has 7 nitrogen and oxygen atoms in total. The Labute approximate surface area is 174 Å². The Kier molecular flexibility index (Phi) is 6.74. The van der Waals surface area contributed by atoms with E-state index >= 15 is 0 Å². The molecule has 0 amide bonds. The maximum absolute atomic E-state index is 12.1. The standard InChI is InChI=1S/C19H22ClN5O2S/c1-13-21-23-25(22-13)12-15-11-16(20)8-6-14(15)7-9-18(28)24-10-4-3-5-17(24)19(26)27-2/h6-9,11,17H,3-5,10,12H2,1-2H3/b9-7+. The third-order valence-corrected chi connectivity index (χ3v) is 5.24. The predicted molar refractivity (Wildman–Crippen MR) is 111 cm³/mol. The van der Waals surface area contributed by atoms with E-state index in [1.54, 1.807) is 6.92 Å². The molecule has 2 aromatic rings. The molecule has 28 heavy (non-hydrogen) atoms. The Balaban J connectivity index is 1.79. The van der Waals surface area contributed by atoms with Gasteiger partial charge in [-0.3, -0.25) is 0 Å². The van der Waals surface area contributed by atoms with Crippen LogP contribution >= 0.6 is 23.8 Å². The number of nitrogens with zero attached hydrogens (tertiary/aromatic N) is 5. The van der Waals surface area contributed by atoms with Gasteiger partial charge in [-0.1, -0.05) is 36.0 Å². The average Bonchev–Trinajstić information content (AvgIpc) is 3.11. The van der Waals surface area contributed by atoms with Crippen LogP contribution in [0.4, 0.5) is 0 Å². The first-order valence-electron chi connectivity index (χ1n) is 9.07. The van der Waals surface area contributed by atoms with Gasteiger partial charge in [-0.15, -0.1) is 10.2 Å². The molecule has 1 saturated heterocycles. The number of methoxy groups -OCH3 is 1. The number of thiocarbonyl (C=S) groups is 1. The quantitative estimate of drug-likeness (QED) is 0.419. The van der Waals surface area contributed by atoms with Crippen molar-refractivity contribution in [3.63, 3.8) is 0 Å². The molecule has 0 aliphatic carbocycles. The molecule has 9 heteroatoms. The van der Waals surface area contributed by atoms with E-state index in [2.05, 4.69) is 15.4 Å². The van der Waals surface area contributed by atoms with E-state index in [0.29, 0.717) is 22.4 Å². The largest absolute Gasteiger partial charge is 0.467 e. The summed E-state index contributed by atoms with van der Waals surface area (Å²) < 4.78 is 4.93. The van der Waals surface area contributed by atoms with Gasteiger partial charge in [0.1, 0.15) is 11.0 Å². The molecule has 1 atom stereocenters. The minimum Gasteiger partial charge on any atom is -0.467 e. The van der Waals surface area contributed by atoms with Gasteiger partial charge in [0.15, 0.2) is 5.82 Å². The monoisotopic (exact) mass is 419 g/mol. The highest BCUT2D eigenvalue weighted by atomic mass is 35.5. The number of aryl methyl sites for hydroxylation is 1. The number of halogens is 1. The molecule has 0 radical (unpaired) electrons. The topological polar surface area (TPSA) is 73.1 Å². The van der Waals surface area contributed by atoms with Crippen molar-refractivity contribution in [2.45, 2.75) is 38.8 Å². The van der Waals surface area contributed by atoms with Gasteiger partial charge in [0, 0.05) is 11.6 Å². The lowest BCUT2D eigenvalue weighted by Gasteiger charge is -2.34. The number of aromatic nitrogens is 4. The molecule has 1 aromatic carbocycles. The average molecular weight is 420 g/mol. The van der Waals surface area contributed by atoms with Crippen molar-refractivity contribution >= 4 is 40.9 Å². The van der Waals surface area contributed by atoms with Crippen LogP contribution in [0.1, 0.15) is 36.2 Å². The molecule has 1 unspecified atom stereocenters. The van der Waals surface area contributed by atoms with Gasteiger partial charge in [0.25, 0.3) is 0 Å². The molecule has 0 spiro atoms. The number of piperidine rings is 1. The number of likely N-dealkylation sites (tertiary alicyclic amines) is 1. The Morgan fingerprint density at radius 2 is 2.25 bits per heavy atom. The van der Waals surface area contributed by atoms with Crippen molar-refractivity contribution in [2.24, 2.45) is 0 Å². The van der Waals surface area contributed by atoms with Gasteiger partial charge in [-0.05, 0) is 60.7 Å². The van der Waals surface area contributed by atoms with E-state index in [4.69, 9.17) is 28.6 Å². The third kappa shape index (κ3) is 4.94. The highest BCUT2D eigenvalue weighted by molar-refractivity contribution is 7.80. The van der Waals surface area contributed by atoms with Gasteiger partial charge < -0.3 is 9.64 Å². The number of carbonyl (C=O) groups excluding carboxylic acids is 1. The summed E-state index contributed by atoms with van der Waals surface area (Å²) in [6, 6.07) is 5.31. The summed E-state index contributed by atoms with van der Waals surface area (Å²) in [7, 11) is 1.41. The highest BCUT2D eigenvalue weighted by Gasteiger charge is 2.30. The van der Waals surface area contributed by atoms with E-state index in [9.17, 15) is 4.79 Å². The number of benzene rings is 1. The molecule has 0 bridgehead atoms. The maximum Gasteiger partial charge on any atom is 0.328 e. The fourth-order valence-corrected chi connectivity index (χ4v) is 3.73. The lowest BCUT2D eigenvalue weighted by Crippen LogP contribution is -2.47. The van der Waals surface area contributed by atoms with Crippen LogP contribution < -0.4 is 0 Å². The highest BCUT2D eigenvalue weighted by Crippen LogP contribution is 2.21. The zero-order valence-electron chi connectivity index (χ0n) is 15.8. The Morgan fingerprint density at radius 3 is 2.96 bits per heavy atom. The Hall–Kier alpha value is -2.32. The van der Waals surface area contributed by atoms with E-state index in [1.807, 2.05) is 35.3 Å². The molecule has 1 aliphatic rings. The van der Waals surface area contributed by atoms with Gasteiger partial charge in [0.05, 0.1) is 13.7 Å². The van der Waals surface area contributed by atoms with Gasteiger partial charge in [0.2, 0.25) is 0 Å². The molecule has 2 heterocycles. The maximum atomic E-state index is 12.1. The summed E-state index contributed by atoms with van der Waals surface area (Å²) >= 11 is 11.8. The van der Waals surface area contributed by atoms with Crippen LogP contribution in [0.3, 0.4) is 0 Å². The van der Waals surface area contributed by atoms with Crippen LogP contribution in [-0.2, 0) is 16.1 Å². The number of tetrazole rings is 1. The van der Waals surface area contributed by atoms with Crippen LogP contribution in [0.15, 0.2) is 24.3 Å². The van der Waals surface area contributed by atoms with Gasteiger partial charge in [-0.2, -0.15) is 4.80 Å². The molecular weight excluding hydrogens is 398 g/mol. The lowest BCUT2D eigenvalue weighted by atomic mass is 10.0.